The first-order valence-electron chi connectivity index (χ1n) is 9.31. The fourth-order valence-electron chi connectivity index (χ4n) is 2.76. The Morgan fingerprint density at radius 3 is 2.38 bits per heavy atom. The number of hydrogen-bond acceptors (Lipinski definition) is 5. The highest BCUT2D eigenvalue weighted by Crippen LogP contribution is 2.15. The van der Waals surface area contributed by atoms with Gasteiger partial charge < -0.3 is 10.1 Å². The monoisotopic (exact) mass is 395 g/mol. The molecule has 1 N–H and O–H groups in total. The number of halogens is 1. The van der Waals surface area contributed by atoms with Crippen molar-refractivity contribution >= 4 is 22.9 Å². The zero-order chi connectivity index (χ0) is 21.0. The van der Waals surface area contributed by atoms with E-state index in [-0.39, 0.29) is 5.82 Å². The smallest absolute Gasteiger partial charge is 0.338 e. The van der Waals surface area contributed by atoms with Gasteiger partial charge in [0.25, 0.3) is 5.91 Å². The van der Waals surface area contributed by atoms with E-state index in [4.69, 9.17) is 4.74 Å². The van der Waals surface area contributed by atoms with Gasteiger partial charge in [-0.15, -0.1) is 0 Å². The van der Waals surface area contributed by atoms with E-state index in [1.807, 2.05) is 13.8 Å². The van der Waals surface area contributed by atoms with Crippen molar-refractivity contribution in [1.29, 1.82) is 0 Å². The molecule has 0 saturated heterocycles. The summed E-state index contributed by atoms with van der Waals surface area (Å²) in [4.78, 5) is 33.4. The molecule has 6 nitrogen and oxygen atoms in total. The van der Waals surface area contributed by atoms with E-state index >= 15 is 0 Å². The van der Waals surface area contributed by atoms with Crippen LogP contribution in [0.15, 0.2) is 42.5 Å². The van der Waals surface area contributed by atoms with Crippen LogP contribution in [0.5, 0.6) is 0 Å². The van der Waals surface area contributed by atoms with E-state index in [0.717, 1.165) is 17.0 Å². The van der Waals surface area contributed by atoms with Crippen molar-refractivity contribution < 1.29 is 18.7 Å². The molecular weight excluding hydrogens is 373 g/mol. The summed E-state index contributed by atoms with van der Waals surface area (Å²) < 4.78 is 18.2. The maximum atomic E-state index is 12.9. The summed E-state index contributed by atoms with van der Waals surface area (Å²) in [7, 11) is 0. The van der Waals surface area contributed by atoms with Gasteiger partial charge in [-0.1, -0.05) is 12.1 Å². The third kappa shape index (κ3) is 5.13. The van der Waals surface area contributed by atoms with Crippen molar-refractivity contribution in [2.75, 3.05) is 6.54 Å². The second-order valence-electron chi connectivity index (χ2n) is 6.81. The lowest BCUT2D eigenvalue weighted by Gasteiger charge is -2.14. The van der Waals surface area contributed by atoms with Gasteiger partial charge in [0.2, 0.25) is 0 Å². The Balaban J connectivity index is 1.56. The molecular formula is C22H22FN3O3. The van der Waals surface area contributed by atoms with Gasteiger partial charge in [-0.05, 0) is 63.1 Å². The van der Waals surface area contributed by atoms with Crippen molar-refractivity contribution in [1.82, 2.24) is 15.3 Å². The largest absolute Gasteiger partial charge is 0.449 e. The molecule has 1 aromatic heterocycles. The molecule has 0 spiro atoms. The minimum Gasteiger partial charge on any atom is -0.449 e. The minimum absolute atomic E-state index is 0.303. The number of rotatable bonds is 6. The summed E-state index contributed by atoms with van der Waals surface area (Å²) in [5.41, 5.74) is 4.12. The SMILES string of the molecule is Cc1nc2ccc(C(=O)O[C@H](C)C(=O)NCCc3ccc(F)cc3)cc2nc1C. The van der Waals surface area contributed by atoms with Gasteiger partial charge in [0.05, 0.1) is 28.0 Å². The van der Waals surface area contributed by atoms with E-state index in [0.29, 0.717) is 29.6 Å². The van der Waals surface area contributed by atoms with E-state index in [1.54, 1.807) is 30.3 Å². The number of esters is 1. The molecule has 0 unspecified atom stereocenters. The predicted molar refractivity (Wildman–Crippen MR) is 107 cm³/mol. The van der Waals surface area contributed by atoms with Gasteiger partial charge in [-0.2, -0.15) is 0 Å². The summed E-state index contributed by atoms with van der Waals surface area (Å²) >= 11 is 0. The maximum absolute atomic E-state index is 12.9. The van der Waals surface area contributed by atoms with Crippen LogP contribution in [-0.2, 0) is 16.0 Å². The first kappa shape index (κ1) is 20.4. The van der Waals surface area contributed by atoms with Crippen molar-refractivity contribution in [2.24, 2.45) is 0 Å². The Labute approximate surface area is 168 Å². The van der Waals surface area contributed by atoms with E-state index in [9.17, 15) is 14.0 Å². The van der Waals surface area contributed by atoms with Gasteiger partial charge in [0.15, 0.2) is 6.10 Å². The van der Waals surface area contributed by atoms with Crippen LogP contribution in [0.4, 0.5) is 4.39 Å². The van der Waals surface area contributed by atoms with Gasteiger partial charge >= 0.3 is 5.97 Å². The molecule has 29 heavy (non-hydrogen) atoms. The molecule has 0 aliphatic heterocycles. The van der Waals surface area contributed by atoms with E-state index in [2.05, 4.69) is 15.3 Å². The maximum Gasteiger partial charge on any atom is 0.338 e. The average Bonchev–Trinajstić information content (AvgIpc) is 2.69. The average molecular weight is 395 g/mol. The molecule has 150 valence electrons. The lowest BCUT2D eigenvalue weighted by atomic mass is 10.1. The molecule has 0 bridgehead atoms. The van der Waals surface area contributed by atoms with Crippen LogP contribution in [-0.4, -0.2) is 34.5 Å². The van der Waals surface area contributed by atoms with Crippen LogP contribution in [0.3, 0.4) is 0 Å². The Morgan fingerprint density at radius 1 is 1.03 bits per heavy atom. The summed E-state index contributed by atoms with van der Waals surface area (Å²) in [6.07, 6.45) is -0.397. The molecule has 0 fully saturated rings. The highest BCUT2D eigenvalue weighted by molar-refractivity contribution is 5.95. The lowest BCUT2D eigenvalue weighted by Crippen LogP contribution is -2.36. The highest BCUT2D eigenvalue weighted by Gasteiger charge is 2.19. The highest BCUT2D eigenvalue weighted by atomic mass is 19.1. The molecule has 0 aliphatic rings. The molecule has 2 aromatic carbocycles. The molecule has 1 amide bonds. The summed E-state index contributed by atoms with van der Waals surface area (Å²) in [5.74, 6) is -1.30. The number of fused-ring (bicyclic) bond motifs is 1. The Morgan fingerprint density at radius 2 is 1.69 bits per heavy atom. The molecule has 3 aromatic rings. The first-order valence-corrected chi connectivity index (χ1v) is 9.31. The molecule has 3 rings (SSSR count). The number of hydrogen-bond donors (Lipinski definition) is 1. The fourth-order valence-corrected chi connectivity index (χ4v) is 2.76. The van der Waals surface area contributed by atoms with Crippen LogP contribution >= 0.6 is 0 Å². The number of aromatic nitrogens is 2. The molecule has 7 heteroatoms. The Kier molecular flexibility index (Phi) is 6.16. The zero-order valence-electron chi connectivity index (χ0n) is 16.5. The number of carbonyl (C=O) groups is 2. The number of ether oxygens (including phenoxy) is 1. The van der Waals surface area contributed by atoms with Crippen molar-refractivity contribution in [3.63, 3.8) is 0 Å². The number of nitrogens with zero attached hydrogens (tertiary/aromatic N) is 2. The summed E-state index contributed by atoms with van der Waals surface area (Å²) in [6.45, 7) is 5.60. The summed E-state index contributed by atoms with van der Waals surface area (Å²) in [6, 6.07) is 11.0. The van der Waals surface area contributed by atoms with Crippen molar-refractivity contribution in [2.45, 2.75) is 33.3 Å². The second-order valence-corrected chi connectivity index (χ2v) is 6.81. The standard InChI is InChI=1S/C22H22FN3O3/c1-13-14(2)26-20-12-17(6-9-19(20)25-13)22(28)29-15(3)21(27)24-11-10-16-4-7-18(23)8-5-16/h4-9,12,15H,10-11H2,1-3H3,(H,24,27)/t15-/m1/s1. The van der Waals surface area contributed by atoms with Gasteiger partial charge in [-0.3, -0.25) is 4.79 Å². The molecule has 1 heterocycles. The van der Waals surface area contributed by atoms with Gasteiger partial charge in [0.1, 0.15) is 5.82 Å². The van der Waals surface area contributed by atoms with Crippen molar-refractivity contribution in [3.8, 4) is 0 Å². The van der Waals surface area contributed by atoms with Gasteiger partial charge in [0, 0.05) is 6.54 Å². The third-order valence-electron chi connectivity index (χ3n) is 4.59. The normalized spacial score (nSPS) is 11.9. The van der Waals surface area contributed by atoms with E-state index in [1.165, 1.54) is 19.1 Å². The number of carbonyl (C=O) groups excluding carboxylic acids is 2. The van der Waals surface area contributed by atoms with Crippen LogP contribution in [0, 0.1) is 19.7 Å². The third-order valence-corrected chi connectivity index (χ3v) is 4.59. The number of aryl methyl sites for hydroxylation is 2. The number of nitrogens with one attached hydrogen (secondary N) is 1. The molecule has 0 aliphatic carbocycles. The van der Waals surface area contributed by atoms with Crippen LogP contribution in [0.2, 0.25) is 0 Å². The zero-order valence-corrected chi connectivity index (χ0v) is 16.5. The van der Waals surface area contributed by atoms with E-state index < -0.39 is 18.0 Å². The second kappa shape index (κ2) is 8.77. The molecule has 1 atom stereocenters. The Hall–Kier alpha value is -3.35. The quantitative estimate of drug-likeness (QED) is 0.648. The lowest BCUT2D eigenvalue weighted by molar-refractivity contribution is -0.129. The topological polar surface area (TPSA) is 81.2 Å². The summed E-state index contributed by atoms with van der Waals surface area (Å²) in [5, 5.41) is 2.71. The van der Waals surface area contributed by atoms with Crippen LogP contribution in [0.25, 0.3) is 11.0 Å². The minimum atomic E-state index is -0.947. The Bertz CT molecular complexity index is 1050. The molecule has 0 saturated carbocycles. The van der Waals surface area contributed by atoms with Crippen LogP contribution in [0.1, 0.15) is 34.2 Å². The van der Waals surface area contributed by atoms with Crippen LogP contribution < -0.4 is 5.32 Å². The molecule has 0 radical (unpaired) electrons. The van der Waals surface area contributed by atoms with Gasteiger partial charge in [-0.25, -0.2) is 19.2 Å². The predicted octanol–water partition coefficient (Wildman–Crippen LogP) is 3.29. The first-order chi connectivity index (χ1) is 13.8. The number of benzene rings is 2. The van der Waals surface area contributed by atoms with Crippen molar-refractivity contribution in [3.05, 3.63) is 70.8 Å². The fraction of sp³-hybridized carbons (Fsp3) is 0.273. The number of amides is 1.